The number of amides is 2. The molecule has 0 aliphatic heterocycles. The molecule has 1 aromatic heterocycles. The number of anilines is 1. The topological polar surface area (TPSA) is 83.4 Å². The molecule has 0 aliphatic rings. The smallest absolute Gasteiger partial charge is 0.238 e. The van der Waals surface area contributed by atoms with Crippen molar-refractivity contribution >= 4 is 29.1 Å². The number of carbonyl (C=O) groups excluding carboxylic acids is 2. The summed E-state index contributed by atoms with van der Waals surface area (Å²) < 4.78 is 1.54. The van der Waals surface area contributed by atoms with E-state index in [4.69, 9.17) is 11.6 Å². The summed E-state index contributed by atoms with van der Waals surface area (Å²) in [5, 5.41) is 7.39. The lowest BCUT2D eigenvalue weighted by atomic mass is 10.2. The molecule has 0 saturated carbocycles. The van der Waals surface area contributed by atoms with Gasteiger partial charge in [0.2, 0.25) is 11.8 Å². The van der Waals surface area contributed by atoms with Crippen LogP contribution in [0.3, 0.4) is 0 Å². The van der Waals surface area contributed by atoms with Crippen molar-refractivity contribution < 1.29 is 9.59 Å². The summed E-state index contributed by atoms with van der Waals surface area (Å²) in [6.07, 6.45) is 2.95. The van der Waals surface area contributed by atoms with Crippen molar-refractivity contribution in [2.24, 2.45) is 0 Å². The molecule has 26 heavy (non-hydrogen) atoms. The first kappa shape index (κ1) is 19.9. The summed E-state index contributed by atoms with van der Waals surface area (Å²) in [7, 11) is 1.73. The number of halogens is 1. The molecular weight excluding hydrogens is 356 g/mol. The minimum absolute atomic E-state index is 0.00337. The number of benzene rings is 1. The Morgan fingerprint density at radius 2 is 1.96 bits per heavy atom. The van der Waals surface area contributed by atoms with Crippen molar-refractivity contribution in [1.29, 1.82) is 0 Å². The van der Waals surface area contributed by atoms with Gasteiger partial charge < -0.3 is 10.2 Å². The number of likely N-dealkylation sites (N-methyl/N-ethyl adjacent to an activating group) is 2. The Morgan fingerprint density at radius 1 is 1.23 bits per heavy atom. The molecular formula is C17H23ClN6O2. The maximum Gasteiger partial charge on any atom is 0.238 e. The van der Waals surface area contributed by atoms with Crippen LogP contribution in [-0.4, -0.2) is 69.6 Å². The fraction of sp³-hybridized carbons (Fsp3) is 0.412. The number of aromatic nitrogens is 3. The van der Waals surface area contributed by atoms with E-state index >= 15 is 0 Å². The van der Waals surface area contributed by atoms with Crippen LogP contribution in [0.2, 0.25) is 5.02 Å². The molecule has 0 spiro atoms. The van der Waals surface area contributed by atoms with Gasteiger partial charge in [-0.25, -0.2) is 9.67 Å². The highest BCUT2D eigenvalue weighted by molar-refractivity contribution is 6.31. The number of hydrogen-bond donors (Lipinski definition) is 1. The van der Waals surface area contributed by atoms with Crippen LogP contribution in [0.1, 0.15) is 13.8 Å². The third kappa shape index (κ3) is 5.27. The predicted octanol–water partition coefficient (Wildman–Crippen LogP) is 1.66. The minimum Gasteiger partial charge on any atom is -0.342 e. The van der Waals surface area contributed by atoms with Gasteiger partial charge in [0.15, 0.2) is 0 Å². The van der Waals surface area contributed by atoms with E-state index < -0.39 is 0 Å². The van der Waals surface area contributed by atoms with Crippen molar-refractivity contribution in [3.63, 3.8) is 0 Å². The van der Waals surface area contributed by atoms with Crippen LogP contribution in [0.5, 0.6) is 0 Å². The lowest BCUT2D eigenvalue weighted by Crippen LogP contribution is -2.41. The Balaban J connectivity index is 2.02. The van der Waals surface area contributed by atoms with Gasteiger partial charge in [-0.05, 0) is 39.1 Å². The summed E-state index contributed by atoms with van der Waals surface area (Å²) in [5.74, 6) is -0.250. The number of hydrogen-bond acceptors (Lipinski definition) is 5. The molecule has 0 bridgehead atoms. The first-order valence-electron chi connectivity index (χ1n) is 8.35. The highest BCUT2D eigenvalue weighted by atomic mass is 35.5. The van der Waals surface area contributed by atoms with Gasteiger partial charge in [-0.3, -0.25) is 14.5 Å². The van der Waals surface area contributed by atoms with Gasteiger partial charge in [-0.15, -0.1) is 0 Å². The van der Waals surface area contributed by atoms with Crippen LogP contribution in [0.15, 0.2) is 30.9 Å². The van der Waals surface area contributed by atoms with Gasteiger partial charge in [-0.2, -0.15) is 5.10 Å². The fourth-order valence-electron chi connectivity index (χ4n) is 2.54. The molecule has 0 saturated heterocycles. The van der Waals surface area contributed by atoms with Crippen LogP contribution in [0.25, 0.3) is 5.69 Å². The highest BCUT2D eigenvalue weighted by Crippen LogP contribution is 2.23. The second-order valence-electron chi connectivity index (χ2n) is 5.79. The standard InChI is InChI=1S/C17H23ClN6O2/c1-4-23(5-2)17(26)10-22(3)9-16(25)21-14-8-13(18)6-7-15(14)24-12-19-11-20-24/h6-8,11-12H,4-5,9-10H2,1-3H3,(H,21,25). The molecule has 2 aromatic rings. The van der Waals surface area contributed by atoms with E-state index in [0.29, 0.717) is 29.5 Å². The van der Waals surface area contributed by atoms with Gasteiger partial charge in [-0.1, -0.05) is 11.6 Å². The molecule has 1 aromatic carbocycles. The molecule has 9 heteroatoms. The van der Waals surface area contributed by atoms with Gasteiger partial charge in [0.05, 0.1) is 24.5 Å². The first-order valence-corrected chi connectivity index (χ1v) is 8.73. The third-order valence-corrected chi connectivity index (χ3v) is 4.07. The second kappa shape index (κ2) is 9.30. The Hall–Kier alpha value is -2.45. The van der Waals surface area contributed by atoms with Crippen LogP contribution < -0.4 is 5.32 Å². The molecule has 0 unspecified atom stereocenters. The van der Waals surface area contributed by atoms with Crippen LogP contribution >= 0.6 is 11.6 Å². The first-order chi connectivity index (χ1) is 12.4. The van der Waals surface area contributed by atoms with Crippen molar-refractivity contribution in [2.75, 3.05) is 38.5 Å². The van der Waals surface area contributed by atoms with Gasteiger partial charge in [0.1, 0.15) is 12.7 Å². The van der Waals surface area contributed by atoms with E-state index in [2.05, 4.69) is 15.4 Å². The third-order valence-electron chi connectivity index (χ3n) is 3.83. The molecule has 1 N–H and O–H groups in total. The van der Waals surface area contributed by atoms with E-state index in [0.717, 1.165) is 0 Å². The van der Waals surface area contributed by atoms with Gasteiger partial charge >= 0.3 is 0 Å². The summed E-state index contributed by atoms with van der Waals surface area (Å²) in [4.78, 5) is 31.8. The zero-order valence-corrected chi connectivity index (χ0v) is 15.9. The Labute approximate surface area is 157 Å². The monoisotopic (exact) mass is 378 g/mol. The molecule has 1 heterocycles. The summed E-state index contributed by atoms with van der Waals surface area (Å²) in [6, 6.07) is 5.11. The lowest BCUT2D eigenvalue weighted by molar-refractivity contribution is -0.132. The maximum absolute atomic E-state index is 12.4. The Morgan fingerprint density at radius 3 is 2.58 bits per heavy atom. The normalized spacial score (nSPS) is 10.8. The largest absolute Gasteiger partial charge is 0.342 e. The predicted molar refractivity (Wildman–Crippen MR) is 100 cm³/mol. The molecule has 8 nitrogen and oxygen atoms in total. The van der Waals surface area contributed by atoms with E-state index in [1.54, 1.807) is 39.7 Å². The minimum atomic E-state index is -0.247. The quantitative estimate of drug-likeness (QED) is 0.755. The highest BCUT2D eigenvalue weighted by Gasteiger charge is 2.16. The molecule has 0 atom stereocenters. The average Bonchev–Trinajstić information content (AvgIpc) is 3.10. The Kier molecular flexibility index (Phi) is 7.11. The number of nitrogens with one attached hydrogen (secondary N) is 1. The van der Waals surface area contributed by atoms with Crippen molar-refractivity contribution in [3.8, 4) is 5.69 Å². The van der Waals surface area contributed by atoms with E-state index in [9.17, 15) is 9.59 Å². The summed E-state index contributed by atoms with van der Waals surface area (Å²) in [5.41, 5.74) is 1.18. The zero-order valence-electron chi connectivity index (χ0n) is 15.1. The van der Waals surface area contributed by atoms with Crippen molar-refractivity contribution in [1.82, 2.24) is 24.6 Å². The summed E-state index contributed by atoms with van der Waals surface area (Å²) >= 11 is 6.05. The maximum atomic E-state index is 12.4. The van der Waals surface area contributed by atoms with E-state index in [-0.39, 0.29) is 24.9 Å². The molecule has 0 fully saturated rings. The van der Waals surface area contributed by atoms with E-state index in [1.165, 1.54) is 12.7 Å². The number of carbonyl (C=O) groups is 2. The Bertz CT molecular complexity index is 746. The van der Waals surface area contributed by atoms with E-state index in [1.807, 2.05) is 13.8 Å². The average molecular weight is 379 g/mol. The lowest BCUT2D eigenvalue weighted by Gasteiger charge is -2.22. The van der Waals surface area contributed by atoms with Gasteiger partial charge in [0.25, 0.3) is 0 Å². The molecule has 2 amide bonds. The zero-order chi connectivity index (χ0) is 19.1. The van der Waals surface area contributed by atoms with Crippen molar-refractivity contribution in [3.05, 3.63) is 35.9 Å². The SMILES string of the molecule is CCN(CC)C(=O)CN(C)CC(=O)Nc1cc(Cl)ccc1-n1cncn1. The summed E-state index contributed by atoms with van der Waals surface area (Å²) in [6.45, 7) is 5.42. The fourth-order valence-corrected chi connectivity index (χ4v) is 2.71. The van der Waals surface area contributed by atoms with Gasteiger partial charge in [0, 0.05) is 18.1 Å². The van der Waals surface area contributed by atoms with Crippen LogP contribution in [-0.2, 0) is 9.59 Å². The second-order valence-corrected chi connectivity index (χ2v) is 6.22. The molecule has 140 valence electrons. The molecule has 0 radical (unpaired) electrons. The van der Waals surface area contributed by atoms with Crippen molar-refractivity contribution in [2.45, 2.75) is 13.8 Å². The van der Waals surface area contributed by atoms with Crippen LogP contribution in [0, 0.1) is 0 Å². The molecule has 0 aliphatic carbocycles. The van der Waals surface area contributed by atoms with Crippen LogP contribution in [0.4, 0.5) is 5.69 Å². The number of nitrogens with zero attached hydrogens (tertiary/aromatic N) is 5. The molecule has 2 rings (SSSR count). The number of rotatable bonds is 8.